The van der Waals surface area contributed by atoms with Gasteiger partial charge in [0.15, 0.2) is 5.82 Å². The first kappa shape index (κ1) is 17.1. The molecule has 2 N–H and O–H groups in total. The summed E-state index contributed by atoms with van der Waals surface area (Å²) < 4.78 is 1.87. The minimum Gasteiger partial charge on any atom is -0.350 e. The van der Waals surface area contributed by atoms with E-state index in [9.17, 15) is 4.79 Å². The van der Waals surface area contributed by atoms with Crippen molar-refractivity contribution in [3.8, 4) is 0 Å². The lowest BCUT2D eigenvalue weighted by atomic mass is 9.49. The van der Waals surface area contributed by atoms with Crippen LogP contribution in [-0.2, 0) is 6.42 Å². The molecule has 0 aromatic carbocycles. The highest BCUT2D eigenvalue weighted by atomic mass is 16.1. The van der Waals surface area contributed by atoms with E-state index in [-0.39, 0.29) is 5.91 Å². The minimum atomic E-state index is -0.0187. The van der Waals surface area contributed by atoms with Gasteiger partial charge in [0.05, 0.1) is 12.1 Å². The second-order valence-electron chi connectivity index (χ2n) is 9.48. The van der Waals surface area contributed by atoms with Gasteiger partial charge < -0.3 is 5.32 Å². The van der Waals surface area contributed by atoms with E-state index < -0.39 is 0 Å². The Balaban J connectivity index is 1.21. The van der Waals surface area contributed by atoms with E-state index in [1.807, 2.05) is 28.8 Å². The van der Waals surface area contributed by atoms with Crippen LogP contribution >= 0.6 is 0 Å². The van der Waals surface area contributed by atoms with Crippen molar-refractivity contribution in [2.45, 2.75) is 44.9 Å². The highest BCUT2D eigenvalue weighted by molar-refractivity contribution is 5.93. The van der Waals surface area contributed by atoms with Gasteiger partial charge >= 0.3 is 0 Å². The van der Waals surface area contributed by atoms with Crippen molar-refractivity contribution >= 4 is 11.6 Å². The van der Waals surface area contributed by atoms with Crippen molar-refractivity contribution in [2.24, 2.45) is 23.2 Å². The number of amides is 1. The molecule has 8 nitrogen and oxygen atoms in total. The Morgan fingerprint density at radius 1 is 1.17 bits per heavy atom. The summed E-state index contributed by atoms with van der Waals surface area (Å²) in [6.07, 6.45) is 10.5. The molecule has 150 valence electrons. The number of fused-ring (bicyclic) bond motifs is 1. The van der Waals surface area contributed by atoms with Crippen molar-refractivity contribution in [3.05, 3.63) is 41.6 Å². The summed E-state index contributed by atoms with van der Waals surface area (Å²) in [6, 6.07) is 5.66. The van der Waals surface area contributed by atoms with Gasteiger partial charge in [-0.3, -0.25) is 9.20 Å². The smallest absolute Gasteiger partial charge is 0.268 e. The maximum Gasteiger partial charge on any atom is 0.268 e. The summed E-state index contributed by atoms with van der Waals surface area (Å²) in [6.45, 7) is 0.802. The van der Waals surface area contributed by atoms with Crippen LogP contribution < -0.4 is 5.32 Å². The molecule has 4 aliphatic carbocycles. The van der Waals surface area contributed by atoms with Crippen LogP contribution in [0.4, 0.5) is 0 Å². The standard InChI is InChI=1S/C21H25N7O/c29-20(22-12-21-8-13-4-14(9-21)6-15(5-13)10-21)17-2-1-3-19-23-16(11-28(17)19)7-18-24-26-27-25-18/h1-3,11,13-15H,4-10,12H2,(H,22,29)(H,24,25,26,27). The third-order valence-electron chi connectivity index (χ3n) is 7.29. The molecule has 0 aliphatic heterocycles. The molecule has 4 saturated carbocycles. The van der Waals surface area contributed by atoms with E-state index in [0.717, 1.165) is 35.6 Å². The van der Waals surface area contributed by atoms with Crippen molar-refractivity contribution < 1.29 is 4.79 Å². The molecule has 7 rings (SSSR count). The number of nitrogens with one attached hydrogen (secondary N) is 2. The average molecular weight is 391 g/mol. The molecule has 0 spiro atoms. The third kappa shape index (κ3) is 3.01. The van der Waals surface area contributed by atoms with Crippen LogP contribution in [0.5, 0.6) is 0 Å². The molecule has 0 atom stereocenters. The number of hydrogen-bond donors (Lipinski definition) is 2. The van der Waals surface area contributed by atoms with Crippen molar-refractivity contribution in [1.82, 2.24) is 35.3 Å². The average Bonchev–Trinajstić information content (AvgIpc) is 3.34. The van der Waals surface area contributed by atoms with Gasteiger partial charge in [0.2, 0.25) is 0 Å². The SMILES string of the molecule is O=C(NCC12CC3CC(CC(C3)C1)C2)c1cccc2nc(Cc3nn[nH]n3)cn12. The van der Waals surface area contributed by atoms with Crippen LogP contribution in [0, 0.1) is 23.2 Å². The van der Waals surface area contributed by atoms with Crippen LogP contribution in [0.25, 0.3) is 5.65 Å². The minimum absolute atomic E-state index is 0.0187. The molecule has 0 unspecified atom stereocenters. The molecule has 4 bridgehead atoms. The highest BCUT2D eigenvalue weighted by Gasteiger charge is 2.50. The Kier molecular flexibility index (Phi) is 3.76. The van der Waals surface area contributed by atoms with Gasteiger partial charge in [-0.05, 0) is 73.8 Å². The molecule has 3 heterocycles. The monoisotopic (exact) mass is 391 g/mol. The van der Waals surface area contributed by atoms with Gasteiger partial charge in [0.25, 0.3) is 5.91 Å². The fourth-order valence-corrected chi connectivity index (χ4v) is 6.62. The molecule has 0 saturated heterocycles. The van der Waals surface area contributed by atoms with Crippen molar-refractivity contribution in [1.29, 1.82) is 0 Å². The second kappa shape index (κ2) is 6.37. The van der Waals surface area contributed by atoms with Crippen LogP contribution in [0.2, 0.25) is 0 Å². The van der Waals surface area contributed by atoms with Gasteiger partial charge in [-0.1, -0.05) is 11.3 Å². The number of pyridine rings is 1. The first-order chi connectivity index (χ1) is 14.2. The molecular formula is C21H25N7O. The lowest BCUT2D eigenvalue weighted by molar-refractivity contribution is -0.0503. The molecule has 0 radical (unpaired) electrons. The Morgan fingerprint density at radius 3 is 2.62 bits per heavy atom. The summed E-state index contributed by atoms with van der Waals surface area (Å²) in [7, 11) is 0. The van der Waals surface area contributed by atoms with E-state index in [4.69, 9.17) is 0 Å². The van der Waals surface area contributed by atoms with Crippen molar-refractivity contribution in [3.63, 3.8) is 0 Å². The fourth-order valence-electron chi connectivity index (χ4n) is 6.62. The lowest BCUT2D eigenvalue weighted by Gasteiger charge is -2.56. The van der Waals surface area contributed by atoms with E-state index in [2.05, 4.69) is 30.9 Å². The van der Waals surface area contributed by atoms with E-state index in [1.54, 1.807) is 0 Å². The van der Waals surface area contributed by atoms with E-state index in [1.165, 1.54) is 38.5 Å². The van der Waals surface area contributed by atoms with Gasteiger partial charge in [-0.15, -0.1) is 10.2 Å². The zero-order valence-electron chi connectivity index (χ0n) is 16.3. The second-order valence-corrected chi connectivity index (χ2v) is 9.48. The maximum atomic E-state index is 13.1. The number of imidazole rings is 1. The van der Waals surface area contributed by atoms with Crippen LogP contribution in [0.1, 0.15) is 60.5 Å². The molecule has 3 aromatic rings. The number of aromatic amines is 1. The Bertz CT molecular complexity index is 1020. The zero-order chi connectivity index (χ0) is 19.4. The number of H-pyrrole nitrogens is 1. The van der Waals surface area contributed by atoms with Gasteiger partial charge in [-0.2, -0.15) is 5.21 Å². The molecule has 29 heavy (non-hydrogen) atoms. The summed E-state index contributed by atoms with van der Waals surface area (Å²) in [4.78, 5) is 17.7. The Labute approximate surface area is 168 Å². The maximum absolute atomic E-state index is 13.1. The number of tetrazole rings is 1. The summed E-state index contributed by atoms with van der Waals surface area (Å²) in [5, 5.41) is 17.3. The van der Waals surface area contributed by atoms with Crippen LogP contribution in [0.3, 0.4) is 0 Å². The normalized spacial score (nSPS) is 30.1. The largest absolute Gasteiger partial charge is 0.350 e. The highest BCUT2D eigenvalue weighted by Crippen LogP contribution is 2.59. The molecule has 4 fully saturated rings. The number of rotatable bonds is 5. The van der Waals surface area contributed by atoms with Crippen LogP contribution in [-0.4, -0.2) is 42.5 Å². The van der Waals surface area contributed by atoms with Gasteiger partial charge in [0, 0.05) is 12.7 Å². The summed E-state index contributed by atoms with van der Waals surface area (Å²) in [5.74, 6) is 3.24. The summed E-state index contributed by atoms with van der Waals surface area (Å²) >= 11 is 0. The number of carbonyl (C=O) groups excluding carboxylic acids is 1. The topological polar surface area (TPSA) is 101 Å². The van der Waals surface area contributed by atoms with E-state index in [0.29, 0.717) is 23.4 Å². The molecular weight excluding hydrogens is 366 g/mol. The first-order valence-corrected chi connectivity index (χ1v) is 10.6. The number of hydrogen-bond acceptors (Lipinski definition) is 5. The summed E-state index contributed by atoms with van der Waals surface area (Å²) in [5.41, 5.74) is 2.52. The molecule has 1 amide bonds. The number of nitrogens with zero attached hydrogens (tertiary/aromatic N) is 5. The first-order valence-electron chi connectivity index (χ1n) is 10.6. The van der Waals surface area contributed by atoms with Gasteiger partial charge in [-0.25, -0.2) is 4.98 Å². The predicted octanol–water partition coefficient (Wildman–Crippen LogP) is 2.38. The molecule has 3 aromatic heterocycles. The fraction of sp³-hybridized carbons (Fsp3) is 0.571. The van der Waals surface area contributed by atoms with Crippen LogP contribution in [0.15, 0.2) is 24.4 Å². The predicted molar refractivity (Wildman–Crippen MR) is 105 cm³/mol. The Hall–Kier alpha value is -2.77. The number of carbonyl (C=O) groups is 1. The zero-order valence-corrected chi connectivity index (χ0v) is 16.3. The number of aromatic nitrogens is 6. The lowest BCUT2D eigenvalue weighted by Crippen LogP contribution is -2.51. The Morgan fingerprint density at radius 2 is 1.93 bits per heavy atom. The van der Waals surface area contributed by atoms with E-state index >= 15 is 0 Å². The molecule has 4 aliphatic rings. The third-order valence-corrected chi connectivity index (χ3v) is 7.29. The van der Waals surface area contributed by atoms with Gasteiger partial charge in [0.1, 0.15) is 11.3 Å². The quantitative estimate of drug-likeness (QED) is 0.695. The van der Waals surface area contributed by atoms with Crippen molar-refractivity contribution in [2.75, 3.05) is 6.54 Å². The molecule has 8 heteroatoms.